The molecule has 0 aliphatic carbocycles. The van der Waals surface area contributed by atoms with Crippen molar-refractivity contribution in [2.45, 2.75) is 27.7 Å². The smallest absolute Gasteiger partial charge is 0.160 e. The fraction of sp³-hybridized carbons (Fsp3) is 1.00. The summed E-state index contributed by atoms with van der Waals surface area (Å²) >= 11 is 0. The largest absolute Gasteiger partial charge is 0.205 e. The Morgan fingerprint density at radius 2 is 1.42 bits per heavy atom. The summed E-state index contributed by atoms with van der Waals surface area (Å²) in [4.78, 5) is 0. The zero-order valence-corrected chi connectivity index (χ0v) is 11.4. The van der Waals surface area contributed by atoms with Crippen molar-refractivity contribution >= 4 is 24.3 Å². The Morgan fingerprint density at radius 3 is 1.58 bits per heavy atom. The zero-order chi connectivity index (χ0) is 10.0. The molecule has 1 aliphatic heterocycles. The molecule has 1 heterocycles. The van der Waals surface area contributed by atoms with Crippen molar-refractivity contribution in [2.24, 2.45) is 13.5 Å². The summed E-state index contributed by atoms with van der Waals surface area (Å²) in [6.07, 6.45) is 0. The third kappa shape index (κ3) is 8.53. The Balaban J connectivity index is 0. The van der Waals surface area contributed by atoms with Crippen LogP contribution in [0, 0.1) is 0 Å². The van der Waals surface area contributed by atoms with Gasteiger partial charge in [0.2, 0.25) is 0 Å². The monoisotopic (exact) mass is 225 g/mol. The first-order valence-electron chi connectivity index (χ1n) is 4.09. The lowest BCUT2D eigenvalue weighted by atomic mass is 11.0. The highest BCUT2D eigenvalue weighted by atomic mass is 31.2. The highest BCUT2D eigenvalue weighted by Gasteiger charge is 2.01. The van der Waals surface area contributed by atoms with Crippen molar-refractivity contribution in [2.75, 3.05) is 13.3 Å². The van der Waals surface area contributed by atoms with Gasteiger partial charge in [0.15, 0.2) is 17.0 Å². The van der Waals surface area contributed by atoms with Gasteiger partial charge in [-0.3, -0.25) is 0 Å². The van der Waals surface area contributed by atoms with Gasteiger partial charge in [0, 0.05) is 0 Å². The van der Waals surface area contributed by atoms with Crippen LogP contribution in [0.3, 0.4) is 0 Å². The van der Waals surface area contributed by atoms with Crippen LogP contribution in [0.4, 0.5) is 0 Å². The number of nitrogens with zero attached hydrogens (tertiary/aromatic N) is 3. The lowest BCUT2D eigenvalue weighted by Crippen LogP contribution is -1.62. The Kier molecular flexibility index (Phi) is 11.8. The van der Waals surface area contributed by atoms with Crippen LogP contribution in [0.5, 0.6) is 0 Å². The molecule has 0 aromatic rings. The molecule has 3 nitrogen and oxygen atoms in total. The zero-order valence-electron chi connectivity index (χ0n) is 8.68. The van der Waals surface area contributed by atoms with Crippen LogP contribution in [0.2, 0.25) is 0 Å². The fourth-order valence-electron chi connectivity index (χ4n) is 0.267. The quantitative estimate of drug-likeness (QED) is 0.487. The predicted molar refractivity (Wildman–Crippen MR) is 62.6 cm³/mol. The van der Waals surface area contributed by atoms with E-state index >= 15 is 0 Å². The molecule has 0 aromatic heterocycles. The minimum Gasteiger partial charge on any atom is -0.205 e. The Labute approximate surface area is 79.4 Å². The van der Waals surface area contributed by atoms with Gasteiger partial charge in [-0.05, 0) is 13.3 Å². The molecule has 1 aliphatic rings. The van der Waals surface area contributed by atoms with E-state index in [1.54, 1.807) is 0 Å². The minimum atomic E-state index is -1.21. The van der Waals surface area contributed by atoms with Crippen molar-refractivity contribution in [3.05, 3.63) is 0 Å². The standard InChI is InChI=1S/C2H6N3P3.2C2H6/c1-8(2)4-6-3-7-5-8;2*1-2/h1-2H3;2*1-2H3. The lowest BCUT2D eigenvalue weighted by Gasteiger charge is -2.03. The molecular weight excluding hydrogens is 207 g/mol. The third-order valence-electron chi connectivity index (χ3n) is 0.598. The van der Waals surface area contributed by atoms with E-state index in [1.807, 2.05) is 27.7 Å². The molecule has 0 aromatic carbocycles. The van der Waals surface area contributed by atoms with Crippen molar-refractivity contribution in [3.8, 4) is 0 Å². The van der Waals surface area contributed by atoms with Crippen LogP contribution in [-0.4, -0.2) is 13.3 Å². The van der Waals surface area contributed by atoms with Gasteiger partial charge in [-0.1, -0.05) is 27.7 Å². The van der Waals surface area contributed by atoms with Crippen LogP contribution < -0.4 is 0 Å². The maximum Gasteiger partial charge on any atom is 0.160 e. The van der Waals surface area contributed by atoms with Crippen molar-refractivity contribution in [1.82, 2.24) is 0 Å². The first-order valence-corrected chi connectivity index (χ1v) is 8.28. The van der Waals surface area contributed by atoms with E-state index in [2.05, 4.69) is 26.9 Å². The maximum atomic E-state index is 4.20. The van der Waals surface area contributed by atoms with Crippen LogP contribution in [0.25, 0.3) is 0 Å². The van der Waals surface area contributed by atoms with Gasteiger partial charge in [0.05, 0.1) is 7.21 Å². The molecule has 0 bridgehead atoms. The Morgan fingerprint density at radius 1 is 0.917 bits per heavy atom. The first-order chi connectivity index (χ1) is 5.71. The van der Waals surface area contributed by atoms with Crippen molar-refractivity contribution in [3.63, 3.8) is 0 Å². The molecule has 1 rings (SSSR count). The van der Waals surface area contributed by atoms with E-state index in [0.29, 0.717) is 0 Å². The van der Waals surface area contributed by atoms with Gasteiger partial charge >= 0.3 is 0 Å². The summed E-state index contributed by atoms with van der Waals surface area (Å²) in [6.45, 7) is 12.2. The highest BCUT2D eigenvalue weighted by molar-refractivity contribution is 7.71. The summed E-state index contributed by atoms with van der Waals surface area (Å²) in [6, 6.07) is 0. The van der Waals surface area contributed by atoms with Gasteiger partial charge < -0.3 is 0 Å². The average Bonchev–Trinajstić information content (AvgIpc) is 2.11. The molecule has 0 saturated heterocycles. The van der Waals surface area contributed by atoms with Crippen molar-refractivity contribution in [1.29, 1.82) is 0 Å². The summed E-state index contributed by atoms with van der Waals surface area (Å²) < 4.78 is 12.3. The SMILES string of the molecule is CC.CC.CP1(C)=NP=NP=N1. The summed E-state index contributed by atoms with van der Waals surface area (Å²) in [5, 5.41) is 0. The summed E-state index contributed by atoms with van der Waals surface area (Å²) in [5.41, 5.74) is 0. The molecule has 0 unspecified atom stereocenters. The normalized spacial score (nSPS) is 18.8. The molecule has 0 atom stereocenters. The van der Waals surface area contributed by atoms with Crippen LogP contribution in [0.1, 0.15) is 27.7 Å². The van der Waals surface area contributed by atoms with E-state index in [0.717, 1.165) is 17.0 Å². The minimum absolute atomic E-state index is 0.871. The van der Waals surface area contributed by atoms with Gasteiger partial charge in [-0.2, -0.15) is 4.52 Å². The van der Waals surface area contributed by atoms with Crippen molar-refractivity contribution < 1.29 is 0 Å². The average molecular weight is 225 g/mol. The third-order valence-corrected chi connectivity index (χ3v) is 5.38. The fourth-order valence-corrected chi connectivity index (χ4v) is 3.37. The second-order valence-corrected chi connectivity index (χ2v) is 6.96. The molecule has 6 heteroatoms. The number of hydrogen-bond donors (Lipinski definition) is 0. The molecule has 12 heavy (non-hydrogen) atoms. The number of rotatable bonds is 0. The number of hydrogen-bond acceptors (Lipinski definition) is 3. The van der Waals surface area contributed by atoms with E-state index in [-0.39, 0.29) is 0 Å². The summed E-state index contributed by atoms with van der Waals surface area (Å²) in [7, 11) is 0.536. The van der Waals surface area contributed by atoms with Gasteiger partial charge in [0.1, 0.15) is 0 Å². The summed E-state index contributed by atoms with van der Waals surface area (Å²) in [5.74, 6) is 0. The Bertz CT molecular complexity index is 192. The second kappa shape index (κ2) is 9.52. The Hall–Kier alpha value is 0.430. The van der Waals surface area contributed by atoms with E-state index in [1.165, 1.54) is 0 Å². The van der Waals surface area contributed by atoms with Gasteiger partial charge in [0.25, 0.3) is 0 Å². The maximum absolute atomic E-state index is 4.20. The highest BCUT2D eigenvalue weighted by Crippen LogP contribution is 2.51. The molecule has 0 amide bonds. The second-order valence-electron chi connectivity index (χ2n) is 1.78. The van der Waals surface area contributed by atoms with E-state index < -0.39 is 7.21 Å². The molecule has 72 valence electrons. The molecule has 0 N–H and O–H groups in total. The molecule has 0 radical (unpaired) electrons. The van der Waals surface area contributed by atoms with E-state index in [9.17, 15) is 0 Å². The predicted octanol–water partition coefficient (Wildman–Crippen LogP) is 5.52. The van der Waals surface area contributed by atoms with Gasteiger partial charge in [-0.25, -0.2) is 9.03 Å². The van der Waals surface area contributed by atoms with Crippen LogP contribution in [-0.2, 0) is 0 Å². The molecule has 0 fully saturated rings. The van der Waals surface area contributed by atoms with E-state index in [4.69, 9.17) is 0 Å². The molecule has 0 saturated carbocycles. The van der Waals surface area contributed by atoms with Crippen LogP contribution >= 0.6 is 24.3 Å². The first kappa shape index (κ1) is 14.9. The molecular formula is C6H18N3P3. The lowest BCUT2D eigenvalue weighted by molar-refractivity contribution is 1.50. The van der Waals surface area contributed by atoms with Gasteiger partial charge in [-0.15, -0.1) is 0 Å². The topological polar surface area (TPSA) is 37.1 Å². The van der Waals surface area contributed by atoms with Crippen LogP contribution in [0.15, 0.2) is 13.5 Å². The molecule has 0 spiro atoms.